The van der Waals surface area contributed by atoms with Gasteiger partial charge in [0.1, 0.15) is 26.4 Å². The Kier molecular flexibility index (Phi) is 13.4. The molecule has 0 aliphatic heterocycles. The highest BCUT2D eigenvalue weighted by Gasteiger charge is 2.18. The van der Waals surface area contributed by atoms with Crippen molar-refractivity contribution in [1.29, 1.82) is 0 Å². The molecule has 0 aromatic heterocycles. The zero-order valence-electron chi connectivity index (χ0n) is 27.7. The predicted octanol–water partition coefficient (Wildman–Crippen LogP) is 7.60. The molecule has 4 aromatic rings. The first kappa shape index (κ1) is 35.4. The van der Waals surface area contributed by atoms with Crippen molar-refractivity contribution in [3.63, 3.8) is 0 Å². The van der Waals surface area contributed by atoms with Crippen LogP contribution < -0.4 is 14.4 Å². The van der Waals surface area contributed by atoms with Gasteiger partial charge in [0.25, 0.3) is 7.82 Å². The summed E-state index contributed by atoms with van der Waals surface area (Å²) in [4.78, 5) is 12.3. The monoisotopic (exact) mass is 645 g/mol. The summed E-state index contributed by atoms with van der Waals surface area (Å²) in [6.07, 6.45) is 3.14. The molecule has 0 aliphatic rings. The molecule has 46 heavy (non-hydrogen) atoms. The second-order valence-corrected chi connectivity index (χ2v) is 13.9. The highest BCUT2D eigenvalue weighted by molar-refractivity contribution is 7.45. The number of likely N-dealkylation sites (N-methyl/N-ethyl adjacent to an activating group) is 1. The van der Waals surface area contributed by atoms with Gasteiger partial charge in [-0.3, -0.25) is 4.57 Å². The fourth-order valence-electron chi connectivity index (χ4n) is 5.08. The summed E-state index contributed by atoms with van der Waals surface area (Å²) in [5, 5.41) is 0. The summed E-state index contributed by atoms with van der Waals surface area (Å²) in [5.41, 5.74) is 7.00. The zero-order valence-corrected chi connectivity index (χ0v) is 28.5. The third kappa shape index (κ3) is 12.4. The lowest BCUT2D eigenvalue weighted by molar-refractivity contribution is -0.890. The Morgan fingerprint density at radius 2 is 1.17 bits per heavy atom. The lowest BCUT2D eigenvalue weighted by atomic mass is 10.0. The Balaban J connectivity index is 1.21. The van der Waals surface area contributed by atoms with E-state index in [1.807, 2.05) is 66.7 Å². The highest BCUT2D eigenvalue weighted by Crippen LogP contribution is 2.38. The summed E-state index contributed by atoms with van der Waals surface area (Å²) < 4.78 is 35.6. The molecule has 8 heteroatoms. The molecule has 4 aromatic carbocycles. The van der Waals surface area contributed by atoms with Gasteiger partial charge in [-0.1, -0.05) is 84.9 Å². The number of phosphoric acid groups is 1. The number of nitrogens with zero attached hydrogens (tertiary/aromatic N) is 1. The molecule has 4 rings (SSSR count). The Morgan fingerprint density at radius 3 is 1.83 bits per heavy atom. The van der Waals surface area contributed by atoms with Crippen molar-refractivity contribution in [2.75, 3.05) is 40.4 Å². The quantitative estimate of drug-likeness (QED) is 0.0594. The summed E-state index contributed by atoms with van der Waals surface area (Å²) in [6, 6.07) is 32.6. The van der Waals surface area contributed by atoms with Gasteiger partial charge in [-0.2, -0.15) is 0 Å². The fraction of sp³-hybridized carbons (Fsp3) is 0.368. The molecule has 1 unspecified atom stereocenters. The van der Waals surface area contributed by atoms with Crippen molar-refractivity contribution in [2.24, 2.45) is 0 Å². The van der Waals surface area contributed by atoms with Gasteiger partial charge in [0.15, 0.2) is 11.5 Å². The number of rotatable bonds is 19. The van der Waals surface area contributed by atoms with E-state index in [1.54, 1.807) is 0 Å². The minimum atomic E-state index is -4.34. The molecule has 0 aliphatic carbocycles. The van der Waals surface area contributed by atoms with E-state index in [0.29, 0.717) is 36.4 Å². The Bertz CT molecular complexity index is 1540. The van der Waals surface area contributed by atoms with Crippen molar-refractivity contribution in [3.8, 4) is 11.5 Å². The Morgan fingerprint density at radius 1 is 0.609 bits per heavy atom. The number of benzene rings is 4. The topological polar surface area (TPSA) is 77.1 Å². The lowest BCUT2D eigenvalue weighted by Crippen LogP contribution is -2.43. The van der Waals surface area contributed by atoms with Crippen LogP contribution in [0.3, 0.4) is 0 Å². The SMILES string of the molecule is Cc1ccc(CCCOP(=O)([O-])OCC[N+](C)(C)CCCc2ccc(OCc3ccccc3)c(OCc3ccccc3)c2)cc1C. The molecule has 1 atom stereocenters. The van der Waals surface area contributed by atoms with E-state index in [1.165, 1.54) is 16.7 Å². The molecule has 0 bridgehead atoms. The van der Waals surface area contributed by atoms with Crippen LogP contribution in [0.15, 0.2) is 97.1 Å². The van der Waals surface area contributed by atoms with Crippen LogP contribution in [0.25, 0.3) is 0 Å². The minimum absolute atomic E-state index is 0.0792. The van der Waals surface area contributed by atoms with E-state index in [-0.39, 0.29) is 13.2 Å². The molecular weight excluding hydrogens is 597 g/mol. The molecule has 0 amide bonds. The first-order valence-corrected chi connectivity index (χ1v) is 17.5. The number of hydrogen-bond donors (Lipinski definition) is 0. The fourth-order valence-corrected chi connectivity index (χ4v) is 5.81. The molecule has 0 heterocycles. The van der Waals surface area contributed by atoms with Gasteiger partial charge in [0, 0.05) is 6.42 Å². The van der Waals surface area contributed by atoms with Crippen LogP contribution in [0.2, 0.25) is 0 Å². The van der Waals surface area contributed by atoms with Gasteiger partial charge in [-0.25, -0.2) is 0 Å². The number of hydrogen-bond acceptors (Lipinski definition) is 6. The van der Waals surface area contributed by atoms with Crippen LogP contribution in [0.4, 0.5) is 0 Å². The van der Waals surface area contributed by atoms with Crippen molar-refractivity contribution in [2.45, 2.75) is 52.7 Å². The second kappa shape index (κ2) is 17.5. The third-order valence-corrected chi connectivity index (χ3v) is 9.09. The van der Waals surface area contributed by atoms with Gasteiger partial charge < -0.3 is 27.9 Å². The molecule has 0 saturated heterocycles. The average molecular weight is 646 g/mol. The Labute approximate surface area is 274 Å². The van der Waals surface area contributed by atoms with Gasteiger partial charge in [0.05, 0.1) is 27.2 Å². The highest BCUT2D eigenvalue weighted by atomic mass is 31.2. The van der Waals surface area contributed by atoms with Crippen molar-refractivity contribution in [1.82, 2.24) is 0 Å². The number of ether oxygens (including phenoxy) is 2. The van der Waals surface area contributed by atoms with E-state index in [2.05, 4.69) is 58.3 Å². The average Bonchev–Trinajstić information content (AvgIpc) is 3.04. The van der Waals surface area contributed by atoms with Crippen molar-refractivity contribution < 1.29 is 32.5 Å². The molecule has 0 N–H and O–H groups in total. The van der Waals surface area contributed by atoms with E-state index < -0.39 is 7.82 Å². The second-order valence-electron chi connectivity index (χ2n) is 12.5. The maximum Gasteiger partial charge on any atom is 0.268 e. The van der Waals surface area contributed by atoms with Crippen molar-refractivity contribution in [3.05, 3.63) is 130 Å². The van der Waals surface area contributed by atoms with Crippen LogP contribution in [-0.4, -0.2) is 44.9 Å². The molecular formula is C38H48NO6P. The molecule has 0 saturated carbocycles. The standard InChI is InChI=1S/C38H48NO6P/c1-31-19-20-33(27-32(31)2)18-12-25-44-46(40,41)45-26-24-39(3,4)23-11-17-34-21-22-37(42-29-35-13-7-5-8-14-35)38(28-34)43-30-36-15-9-6-10-16-36/h5-10,13-16,19-22,27-28H,11-12,17-18,23-26,29-30H2,1-4H3. The van der Waals surface area contributed by atoms with Gasteiger partial charge in [-0.15, -0.1) is 0 Å². The number of quaternary nitrogens is 1. The zero-order chi connectivity index (χ0) is 32.8. The number of aryl methyl sites for hydroxylation is 4. The lowest BCUT2D eigenvalue weighted by Gasteiger charge is -2.31. The summed E-state index contributed by atoms with van der Waals surface area (Å²) in [6.45, 7) is 6.67. The van der Waals surface area contributed by atoms with Crippen LogP contribution in [0.5, 0.6) is 11.5 Å². The Hall–Kier alpha value is -3.45. The van der Waals surface area contributed by atoms with Gasteiger partial charge >= 0.3 is 0 Å². The first-order valence-electron chi connectivity index (χ1n) is 16.0. The van der Waals surface area contributed by atoms with Crippen LogP contribution in [0.1, 0.15) is 46.2 Å². The van der Waals surface area contributed by atoms with E-state index >= 15 is 0 Å². The van der Waals surface area contributed by atoms with Crippen molar-refractivity contribution >= 4 is 7.82 Å². The normalized spacial score (nSPS) is 12.9. The van der Waals surface area contributed by atoms with Crippen LogP contribution >= 0.6 is 7.82 Å². The molecule has 0 fully saturated rings. The maximum atomic E-state index is 12.3. The summed E-state index contributed by atoms with van der Waals surface area (Å²) >= 11 is 0. The van der Waals surface area contributed by atoms with E-state index in [9.17, 15) is 9.46 Å². The first-order chi connectivity index (χ1) is 22.1. The summed E-state index contributed by atoms with van der Waals surface area (Å²) in [5.74, 6) is 1.44. The predicted molar refractivity (Wildman–Crippen MR) is 182 cm³/mol. The number of phosphoric ester groups is 1. The molecule has 246 valence electrons. The smallest absolute Gasteiger partial charge is 0.268 e. The molecule has 0 spiro atoms. The maximum absolute atomic E-state index is 12.3. The molecule has 0 radical (unpaired) electrons. The van der Waals surface area contributed by atoms with Crippen LogP contribution in [-0.2, 0) is 39.7 Å². The third-order valence-electron chi connectivity index (χ3n) is 8.09. The van der Waals surface area contributed by atoms with Gasteiger partial charge in [0.2, 0.25) is 0 Å². The van der Waals surface area contributed by atoms with E-state index in [4.69, 9.17) is 18.5 Å². The van der Waals surface area contributed by atoms with Gasteiger partial charge in [-0.05, 0) is 78.6 Å². The molecule has 7 nitrogen and oxygen atoms in total. The minimum Gasteiger partial charge on any atom is -0.756 e. The largest absolute Gasteiger partial charge is 0.756 e. The summed E-state index contributed by atoms with van der Waals surface area (Å²) in [7, 11) is -0.178. The van der Waals surface area contributed by atoms with E-state index in [0.717, 1.165) is 48.2 Å². The van der Waals surface area contributed by atoms with Crippen LogP contribution in [0, 0.1) is 13.8 Å².